The standard InChI is InChI=1S/C23H31N3O4/c1-5-6-20(22(28)25-30)10-7-18(3)15-26(14-13-19(4)16-27)23(29)24-21-11-8-17(2)9-12-21/h5-12,19,27,30H,1,3,13-16H2,2,4H3,(H,24,29)(H,25,28)/b10-7-,20-6+. The number of allylic oxidation sites excluding steroid dienone is 2. The zero-order valence-corrected chi connectivity index (χ0v) is 17.6. The van der Waals surface area contributed by atoms with Crippen molar-refractivity contribution in [2.45, 2.75) is 20.3 Å². The monoisotopic (exact) mass is 413 g/mol. The summed E-state index contributed by atoms with van der Waals surface area (Å²) in [7, 11) is 0. The summed E-state index contributed by atoms with van der Waals surface area (Å²) in [5.74, 6) is -0.622. The SMILES string of the molecule is C=C/C=C(\C=C/C(=C)CN(CCC(C)CO)C(=O)Nc1ccc(C)cc1)C(=O)NO. The molecule has 0 saturated heterocycles. The molecule has 0 aliphatic heterocycles. The van der Waals surface area contributed by atoms with E-state index in [0.29, 0.717) is 24.2 Å². The summed E-state index contributed by atoms with van der Waals surface area (Å²) in [5.41, 5.74) is 4.13. The van der Waals surface area contributed by atoms with Gasteiger partial charge in [0, 0.05) is 31.0 Å². The van der Waals surface area contributed by atoms with Crippen LogP contribution in [0.15, 0.2) is 72.9 Å². The first kappa shape index (κ1) is 24.9. The molecule has 0 saturated carbocycles. The van der Waals surface area contributed by atoms with Crippen molar-refractivity contribution in [3.8, 4) is 0 Å². The van der Waals surface area contributed by atoms with Crippen molar-refractivity contribution >= 4 is 17.6 Å². The second kappa shape index (κ2) is 13.1. The molecule has 3 amide bonds. The third-order valence-corrected chi connectivity index (χ3v) is 4.35. The molecule has 0 aromatic heterocycles. The maximum atomic E-state index is 12.8. The number of amides is 3. The predicted octanol–water partition coefficient (Wildman–Crippen LogP) is 3.58. The first-order chi connectivity index (χ1) is 14.3. The van der Waals surface area contributed by atoms with Crippen LogP contribution in [0.5, 0.6) is 0 Å². The molecule has 0 spiro atoms. The predicted molar refractivity (Wildman–Crippen MR) is 119 cm³/mol. The summed E-state index contributed by atoms with van der Waals surface area (Å²) in [6, 6.07) is 7.20. The fraction of sp³-hybridized carbons (Fsp3) is 0.304. The van der Waals surface area contributed by atoms with Gasteiger partial charge in [0.05, 0.1) is 0 Å². The van der Waals surface area contributed by atoms with Crippen LogP contribution in [0.2, 0.25) is 0 Å². The number of hydrogen-bond donors (Lipinski definition) is 4. The first-order valence-electron chi connectivity index (χ1n) is 9.67. The number of rotatable bonds is 11. The summed E-state index contributed by atoms with van der Waals surface area (Å²) < 4.78 is 0. The van der Waals surface area contributed by atoms with E-state index in [1.807, 2.05) is 38.1 Å². The number of nitrogens with one attached hydrogen (secondary N) is 2. The van der Waals surface area contributed by atoms with Gasteiger partial charge < -0.3 is 15.3 Å². The number of carbonyl (C=O) groups excluding carboxylic acids is 2. The lowest BCUT2D eigenvalue weighted by Crippen LogP contribution is -2.37. The van der Waals surface area contributed by atoms with E-state index in [9.17, 15) is 14.7 Å². The number of aliphatic hydroxyl groups is 1. The second-order valence-corrected chi connectivity index (χ2v) is 7.08. The Bertz CT molecular complexity index is 797. The molecule has 1 aromatic rings. The number of aryl methyl sites for hydroxylation is 1. The molecule has 1 unspecified atom stereocenters. The molecule has 0 aliphatic carbocycles. The lowest BCUT2D eigenvalue weighted by Gasteiger charge is -2.24. The van der Waals surface area contributed by atoms with E-state index >= 15 is 0 Å². The van der Waals surface area contributed by atoms with Crippen molar-refractivity contribution in [2.24, 2.45) is 5.92 Å². The fourth-order valence-corrected chi connectivity index (χ4v) is 2.46. The Hall–Kier alpha value is -3.16. The number of carbonyl (C=O) groups is 2. The molecule has 0 aliphatic rings. The van der Waals surface area contributed by atoms with Crippen LogP contribution in [0.25, 0.3) is 0 Å². The highest BCUT2D eigenvalue weighted by Crippen LogP contribution is 2.12. The average molecular weight is 414 g/mol. The van der Waals surface area contributed by atoms with Crippen LogP contribution < -0.4 is 10.8 Å². The Balaban J connectivity index is 2.89. The smallest absolute Gasteiger partial charge is 0.322 e. The van der Waals surface area contributed by atoms with Crippen molar-refractivity contribution in [1.82, 2.24) is 10.4 Å². The molecule has 0 bridgehead atoms. The second-order valence-electron chi connectivity index (χ2n) is 7.08. The molecule has 0 fully saturated rings. The summed E-state index contributed by atoms with van der Waals surface area (Å²) >= 11 is 0. The minimum Gasteiger partial charge on any atom is -0.396 e. The van der Waals surface area contributed by atoms with E-state index in [4.69, 9.17) is 5.21 Å². The number of hydroxylamine groups is 1. The largest absolute Gasteiger partial charge is 0.396 e. The van der Waals surface area contributed by atoms with E-state index in [1.54, 1.807) is 16.5 Å². The molecule has 1 rings (SSSR count). The molecule has 7 heteroatoms. The molecule has 7 nitrogen and oxygen atoms in total. The zero-order valence-electron chi connectivity index (χ0n) is 17.6. The number of benzene rings is 1. The van der Waals surface area contributed by atoms with E-state index in [2.05, 4.69) is 18.5 Å². The molecular weight excluding hydrogens is 382 g/mol. The maximum Gasteiger partial charge on any atom is 0.322 e. The quantitative estimate of drug-likeness (QED) is 0.193. The number of aliphatic hydroxyl groups excluding tert-OH is 1. The van der Waals surface area contributed by atoms with Gasteiger partial charge >= 0.3 is 6.03 Å². The van der Waals surface area contributed by atoms with Gasteiger partial charge in [-0.2, -0.15) is 0 Å². The lowest BCUT2D eigenvalue weighted by molar-refractivity contribution is -0.124. The molecule has 4 N–H and O–H groups in total. The van der Waals surface area contributed by atoms with Crippen LogP contribution >= 0.6 is 0 Å². The normalized spacial score (nSPS) is 12.3. The van der Waals surface area contributed by atoms with Crippen LogP contribution in [-0.4, -0.2) is 46.8 Å². The Morgan fingerprint density at radius 2 is 1.90 bits per heavy atom. The maximum absolute atomic E-state index is 12.8. The van der Waals surface area contributed by atoms with E-state index in [1.165, 1.54) is 18.2 Å². The lowest BCUT2D eigenvalue weighted by atomic mass is 10.1. The summed E-state index contributed by atoms with van der Waals surface area (Å²) in [6.07, 6.45) is 6.59. The first-order valence-corrected chi connectivity index (χ1v) is 9.67. The third-order valence-electron chi connectivity index (χ3n) is 4.35. The topological polar surface area (TPSA) is 102 Å². The van der Waals surface area contributed by atoms with Gasteiger partial charge in [0.25, 0.3) is 5.91 Å². The van der Waals surface area contributed by atoms with Gasteiger partial charge in [-0.1, -0.05) is 49.9 Å². The van der Waals surface area contributed by atoms with Crippen LogP contribution in [0.4, 0.5) is 10.5 Å². The fourth-order valence-electron chi connectivity index (χ4n) is 2.46. The van der Waals surface area contributed by atoms with Crippen LogP contribution in [0.3, 0.4) is 0 Å². The number of urea groups is 1. The highest BCUT2D eigenvalue weighted by molar-refractivity contribution is 5.95. The van der Waals surface area contributed by atoms with E-state index < -0.39 is 5.91 Å². The summed E-state index contributed by atoms with van der Waals surface area (Å²) in [6.45, 7) is 12.1. The van der Waals surface area contributed by atoms with Crippen molar-refractivity contribution in [3.63, 3.8) is 0 Å². The number of anilines is 1. The number of nitrogens with zero attached hydrogens (tertiary/aromatic N) is 1. The third kappa shape index (κ3) is 8.89. The van der Waals surface area contributed by atoms with Crippen molar-refractivity contribution in [1.29, 1.82) is 0 Å². The Morgan fingerprint density at radius 3 is 2.47 bits per heavy atom. The highest BCUT2D eigenvalue weighted by Gasteiger charge is 2.15. The van der Waals surface area contributed by atoms with E-state index in [-0.39, 0.29) is 30.7 Å². The Kier molecular flexibility index (Phi) is 10.9. The van der Waals surface area contributed by atoms with Gasteiger partial charge in [-0.05, 0) is 49.1 Å². The van der Waals surface area contributed by atoms with Crippen LogP contribution in [-0.2, 0) is 4.79 Å². The van der Waals surface area contributed by atoms with Gasteiger partial charge in [-0.25, -0.2) is 10.3 Å². The van der Waals surface area contributed by atoms with Gasteiger partial charge in [0.1, 0.15) is 0 Å². The molecule has 162 valence electrons. The van der Waals surface area contributed by atoms with Crippen molar-refractivity contribution in [2.75, 3.05) is 25.0 Å². The summed E-state index contributed by atoms with van der Waals surface area (Å²) in [5, 5.41) is 21.0. The van der Waals surface area contributed by atoms with Gasteiger partial charge in [-0.3, -0.25) is 10.0 Å². The minimum atomic E-state index is -0.676. The van der Waals surface area contributed by atoms with E-state index in [0.717, 1.165) is 5.56 Å². The van der Waals surface area contributed by atoms with Gasteiger partial charge in [-0.15, -0.1) is 0 Å². The van der Waals surface area contributed by atoms with Crippen LogP contribution in [0, 0.1) is 12.8 Å². The minimum absolute atomic E-state index is 0.0419. The van der Waals surface area contributed by atoms with Crippen LogP contribution in [0.1, 0.15) is 18.9 Å². The number of hydrogen-bond acceptors (Lipinski definition) is 4. The van der Waals surface area contributed by atoms with Crippen molar-refractivity contribution < 1.29 is 19.9 Å². The zero-order chi connectivity index (χ0) is 22.5. The highest BCUT2D eigenvalue weighted by atomic mass is 16.5. The Morgan fingerprint density at radius 1 is 1.23 bits per heavy atom. The molecular formula is C23H31N3O4. The Labute approximate surface area is 178 Å². The molecule has 30 heavy (non-hydrogen) atoms. The summed E-state index contributed by atoms with van der Waals surface area (Å²) in [4.78, 5) is 26.0. The van der Waals surface area contributed by atoms with Gasteiger partial charge in [0.2, 0.25) is 0 Å². The molecule has 0 radical (unpaired) electrons. The van der Waals surface area contributed by atoms with Gasteiger partial charge in [0.15, 0.2) is 0 Å². The molecule has 0 heterocycles. The average Bonchev–Trinajstić information content (AvgIpc) is 2.74. The molecule has 1 atom stereocenters. The van der Waals surface area contributed by atoms with Crippen molar-refractivity contribution in [3.05, 3.63) is 78.4 Å². The molecule has 1 aromatic carbocycles.